The highest BCUT2D eigenvalue weighted by molar-refractivity contribution is 6.02. The van der Waals surface area contributed by atoms with Gasteiger partial charge in [0.15, 0.2) is 11.4 Å². The zero-order chi connectivity index (χ0) is 15.0. The fourth-order valence-corrected chi connectivity index (χ4v) is 3.61. The highest BCUT2D eigenvalue weighted by Crippen LogP contribution is 2.30. The number of carboxylic acid groups (broad SMARTS) is 1. The lowest BCUT2D eigenvalue weighted by Crippen LogP contribution is -2.54. The maximum absolute atomic E-state index is 12.5. The Morgan fingerprint density at radius 1 is 1.38 bits per heavy atom. The molecular weight excluding hydrogens is 272 g/mol. The highest BCUT2D eigenvalue weighted by Gasteiger charge is 2.37. The average Bonchev–Trinajstić information content (AvgIpc) is 2.96. The highest BCUT2D eigenvalue weighted by atomic mass is 16.4. The van der Waals surface area contributed by atoms with Gasteiger partial charge in [0.25, 0.3) is 5.91 Å². The maximum Gasteiger partial charge on any atom is 0.354 e. The summed E-state index contributed by atoms with van der Waals surface area (Å²) in [6.45, 7) is 2.48. The molecule has 2 aliphatic rings. The van der Waals surface area contributed by atoms with Gasteiger partial charge < -0.3 is 19.9 Å². The van der Waals surface area contributed by atoms with E-state index in [0.717, 1.165) is 25.8 Å². The first-order chi connectivity index (χ1) is 10.1. The molecule has 114 valence electrons. The number of rotatable bonds is 2. The molecule has 1 amide bonds. The lowest BCUT2D eigenvalue weighted by molar-refractivity contribution is 0.0310. The third kappa shape index (κ3) is 2.53. The minimum absolute atomic E-state index is 0.0186. The fourth-order valence-electron chi connectivity index (χ4n) is 3.61. The zero-order valence-corrected chi connectivity index (χ0v) is 12.1. The van der Waals surface area contributed by atoms with E-state index in [4.69, 9.17) is 5.11 Å². The SMILES string of the molecule is CN1CCCC2CN(C(=O)c3nc[nH]c3C(=O)O)CCC21. The number of hydrogen-bond donors (Lipinski definition) is 2. The van der Waals surface area contributed by atoms with Crippen LogP contribution < -0.4 is 0 Å². The van der Waals surface area contributed by atoms with E-state index in [9.17, 15) is 9.59 Å². The van der Waals surface area contributed by atoms with E-state index < -0.39 is 5.97 Å². The summed E-state index contributed by atoms with van der Waals surface area (Å²) < 4.78 is 0. The Morgan fingerprint density at radius 3 is 2.95 bits per heavy atom. The number of nitrogens with one attached hydrogen (secondary N) is 1. The van der Waals surface area contributed by atoms with Crippen LogP contribution in [-0.4, -0.2) is 69.5 Å². The van der Waals surface area contributed by atoms with Crippen LogP contribution in [0.3, 0.4) is 0 Å². The molecule has 3 heterocycles. The van der Waals surface area contributed by atoms with Crippen molar-refractivity contribution < 1.29 is 14.7 Å². The number of likely N-dealkylation sites (tertiary alicyclic amines) is 2. The van der Waals surface area contributed by atoms with E-state index in [1.807, 2.05) is 0 Å². The summed E-state index contributed by atoms with van der Waals surface area (Å²) in [4.78, 5) is 34.2. The number of carbonyl (C=O) groups excluding carboxylic acids is 1. The molecule has 21 heavy (non-hydrogen) atoms. The number of aromatic carboxylic acids is 1. The molecule has 0 aromatic carbocycles. The Bertz CT molecular complexity index is 556. The van der Waals surface area contributed by atoms with Crippen LogP contribution in [0.4, 0.5) is 0 Å². The maximum atomic E-state index is 12.5. The predicted octanol–water partition coefficient (Wildman–Crippen LogP) is 0.664. The Hall–Kier alpha value is -1.89. The first-order valence-corrected chi connectivity index (χ1v) is 7.34. The monoisotopic (exact) mass is 292 g/mol. The van der Waals surface area contributed by atoms with Crippen LogP contribution in [0.25, 0.3) is 0 Å². The molecule has 2 aliphatic heterocycles. The van der Waals surface area contributed by atoms with Crippen LogP contribution in [0.2, 0.25) is 0 Å². The number of carboxylic acids is 1. The first kappa shape index (κ1) is 14.1. The molecule has 0 aliphatic carbocycles. The summed E-state index contributed by atoms with van der Waals surface area (Å²) in [5.41, 5.74) is -0.104. The first-order valence-electron chi connectivity index (χ1n) is 7.34. The van der Waals surface area contributed by atoms with Gasteiger partial charge in [0.05, 0.1) is 6.33 Å². The second-order valence-electron chi connectivity index (χ2n) is 5.92. The van der Waals surface area contributed by atoms with Gasteiger partial charge in [-0.3, -0.25) is 4.79 Å². The van der Waals surface area contributed by atoms with E-state index in [1.54, 1.807) is 4.90 Å². The summed E-state index contributed by atoms with van der Waals surface area (Å²) in [5, 5.41) is 9.08. The van der Waals surface area contributed by atoms with E-state index >= 15 is 0 Å². The van der Waals surface area contributed by atoms with Crippen molar-refractivity contribution in [1.82, 2.24) is 19.8 Å². The van der Waals surface area contributed by atoms with Crippen LogP contribution in [0.15, 0.2) is 6.33 Å². The largest absolute Gasteiger partial charge is 0.477 e. The van der Waals surface area contributed by atoms with Gasteiger partial charge in [-0.1, -0.05) is 0 Å². The fraction of sp³-hybridized carbons (Fsp3) is 0.643. The van der Waals surface area contributed by atoms with Crippen LogP contribution in [0, 0.1) is 5.92 Å². The zero-order valence-electron chi connectivity index (χ0n) is 12.1. The van der Waals surface area contributed by atoms with Gasteiger partial charge in [0.1, 0.15) is 0 Å². The molecule has 2 unspecified atom stereocenters. The molecule has 0 radical (unpaired) electrons. The molecule has 7 nitrogen and oxygen atoms in total. The molecule has 1 aromatic heterocycles. The number of aromatic nitrogens is 2. The average molecular weight is 292 g/mol. The van der Waals surface area contributed by atoms with Crippen LogP contribution in [-0.2, 0) is 0 Å². The third-order valence-corrected chi connectivity index (χ3v) is 4.69. The van der Waals surface area contributed by atoms with Crippen molar-refractivity contribution in [2.45, 2.75) is 25.3 Å². The summed E-state index contributed by atoms with van der Waals surface area (Å²) in [6, 6.07) is 0.543. The molecular formula is C14H20N4O3. The summed E-state index contributed by atoms with van der Waals surface area (Å²) in [5.74, 6) is -0.947. The summed E-state index contributed by atoms with van der Waals surface area (Å²) >= 11 is 0. The van der Waals surface area contributed by atoms with E-state index in [1.165, 1.54) is 6.33 Å². The van der Waals surface area contributed by atoms with Gasteiger partial charge >= 0.3 is 5.97 Å². The van der Waals surface area contributed by atoms with Gasteiger partial charge in [0.2, 0.25) is 0 Å². The van der Waals surface area contributed by atoms with Gasteiger partial charge in [-0.15, -0.1) is 0 Å². The number of carbonyl (C=O) groups is 2. The number of fused-ring (bicyclic) bond motifs is 1. The van der Waals surface area contributed by atoms with Crippen molar-refractivity contribution in [1.29, 1.82) is 0 Å². The molecule has 2 fully saturated rings. The predicted molar refractivity (Wildman–Crippen MR) is 75.2 cm³/mol. The Labute approximate surface area is 122 Å². The van der Waals surface area contributed by atoms with Crippen LogP contribution >= 0.6 is 0 Å². The van der Waals surface area contributed by atoms with Crippen molar-refractivity contribution in [2.24, 2.45) is 5.92 Å². The number of imidazole rings is 1. The minimum atomic E-state index is -1.15. The second kappa shape index (κ2) is 5.48. The van der Waals surface area contributed by atoms with Crippen molar-refractivity contribution in [2.75, 3.05) is 26.7 Å². The van der Waals surface area contributed by atoms with Gasteiger partial charge in [-0.25, -0.2) is 9.78 Å². The minimum Gasteiger partial charge on any atom is -0.477 e. The van der Waals surface area contributed by atoms with Crippen LogP contribution in [0.5, 0.6) is 0 Å². The topological polar surface area (TPSA) is 89.5 Å². The van der Waals surface area contributed by atoms with Gasteiger partial charge in [0, 0.05) is 19.1 Å². The molecule has 2 saturated heterocycles. The number of aromatic amines is 1. The molecule has 2 atom stereocenters. The van der Waals surface area contributed by atoms with Gasteiger partial charge in [-0.2, -0.15) is 0 Å². The van der Waals surface area contributed by atoms with Crippen LogP contribution in [0.1, 0.15) is 40.2 Å². The van der Waals surface area contributed by atoms with E-state index in [0.29, 0.717) is 25.0 Å². The molecule has 0 spiro atoms. The second-order valence-corrected chi connectivity index (χ2v) is 5.92. The number of hydrogen-bond acceptors (Lipinski definition) is 4. The number of H-pyrrole nitrogens is 1. The van der Waals surface area contributed by atoms with Crippen molar-refractivity contribution in [3.63, 3.8) is 0 Å². The summed E-state index contributed by atoms with van der Waals surface area (Å²) in [7, 11) is 2.14. The quantitative estimate of drug-likeness (QED) is 0.836. The summed E-state index contributed by atoms with van der Waals surface area (Å²) in [6.07, 6.45) is 4.49. The smallest absolute Gasteiger partial charge is 0.354 e. The standard InChI is InChI=1S/C14H20N4O3/c1-17-5-2-3-9-7-18(6-4-10(9)17)13(19)11-12(14(20)21)16-8-15-11/h8-10H,2-7H2,1H3,(H,15,16)(H,20,21). The van der Waals surface area contributed by atoms with E-state index in [2.05, 4.69) is 21.9 Å². The normalized spacial score (nSPS) is 26.4. The van der Waals surface area contributed by atoms with E-state index in [-0.39, 0.29) is 17.3 Å². The molecule has 3 rings (SSSR count). The lowest BCUT2D eigenvalue weighted by atomic mass is 9.84. The Balaban J connectivity index is 1.74. The number of piperidine rings is 2. The van der Waals surface area contributed by atoms with Crippen molar-refractivity contribution >= 4 is 11.9 Å². The number of amides is 1. The molecule has 1 aromatic rings. The third-order valence-electron chi connectivity index (χ3n) is 4.69. The molecule has 2 N–H and O–H groups in total. The Kier molecular flexibility index (Phi) is 3.67. The molecule has 7 heteroatoms. The number of nitrogens with zero attached hydrogens (tertiary/aromatic N) is 3. The molecule has 0 bridgehead atoms. The van der Waals surface area contributed by atoms with Crippen molar-refractivity contribution in [3.8, 4) is 0 Å². The molecule has 0 saturated carbocycles. The van der Waals surface area contributed by atoms with Gasteiger partial charge in [-0.05, 0) is 38.8 Å². The lowest BCUT2D eigenvalue weighted by Gasteiger charge is -2.45. The Morgan fingerprint density at radius 2 is 2.19 bits per heavy atom. The van der Waals surface area contributed by atoms with Crippen molar-refractivity contribution in [3.05, 3.63) is 17.7 Å².